The first-order valence-electron chi connectivity index (χ1n) is 8.51. The number of fused-ring (bicyclic) bond motifs is 1. The van der Waals surface area contributed by atoms with E-state index in [1.807, 2.05) is 38.2 Å². The summed E-state index contributed by atoms with van der Waals surface area (Å²) >= 11 is 0. The minimum absolute atomic E-state index is 0.00223. The van der Waals surface area contributed by atoms with E-state index in [2.05, 4.69) is 21.4 Å². The van der Waals surface area contributed by atoms with E-state index in [1.54, 1.807) is 30.6 Å². The van der Waals surface area contributed by atoms with Gasteiger partial charge in [-0.05, 0) is 48.3 Å². The van der Waals surface area contributed by atoms with Gasteiger partial charge in [-0.1, -0.05) is 16.7 Å². The fourth-order valence-electron chi connectivity index (χ4n) is 3.26. The highest BCUT2D eigenvalue weighted by Gasteiger charge is 2.43. The lowest BCUT2D eigenvalue weighted by molar-refractivity contribution is 0.1000. The summed E-state index contributed by atoms with van der Waals surface area (Å²) in [5.74, 6) is 0.614. The summed E-state index contributed by atoms with van der Waals surface area (Å²) in [6.07, 6.45) is 5.14. The van der Waals surface area contributed by atoms with Crippen LogP contribution in [0, 0.1) is 13.8 Å². The number of quaternary nitrogens is 1. The molecule has 0 fully saturated rings. The Kier molecular flexibility index (Phi) is 3.93. The van der Waals surface area contributed by atoms with Crippen LogP contribution in [0.4, 0.5) is 11.4 Å². The first-order valence-corrected chi connectivity index (χ1v) is 8.51. The molecule has 2 aromatic rings. The summed E-state index contributed by atoms with van der Waals surface area (Å²) in [6.45, 7) is 4.09. The van der Waals surface area contributed by atoms with E-state index in [0.717, 1.165) is 22.5 Å². The van der Waals surface area contributed by atoms with Crippen LogP contribution in [0.25, 0.3) is 0 Å². The van der Waals surface area contributed by atoms with Gasteiger partial charge in [0.15, 0.2) is 11.9 Å². The van der Waals surface area contributed by atoms with Gasteiger partial charge in [0, 0.05) is 23.4 Å². The number of nitrogens with one attached hydrogen (secondary N) is 1. The van der Waals surface area contributed by atoms with Gasteiger partial charge >= 0.3 is 0 Å². The molecule has 2 aliphatic rings. The first kappa shape index (κ1) is 16.9. The number of nitrogens with zero attached hydrogens (tertiary/aromatic N) is 4. The fraction of sp³-hybridized carbons (Fsp3) is 0.100. The van der Waals surface area contributed by atoms with Gasteiger partial charge in [0.1, 0.15) is 6.21 Å². The quantitative estimate of drug-likeness (QED) is 0.825. The maximum atomic E-state index is 11.6. The van der Waals surface area contributed by atoms with Crippen molar-refractivity contribution in [3.8, 4) is 0 Å². The molecule has 1 atom stereocenters. The molecular formula is C20H19N6O+. The van der Waals surface area contributed by atoms with Crippen LogP contribution in [0.2, 0.25) is 0 Å². The number of guanidine groups is 1. The van der Waals surface area contributed by atoms with Gasteiger partial charge in [-0.2, -0.15) is 4.99 Å². The Balaban J connectivity index is 1.76. The van der Waals surface area contributed by atoms with Crippen LogP contribution in [0.3, 0.4) is 0 Å². The van der Waals surface area contributed by atoms with Crippen LogP contribution in [-0.4, -0.2) is 23.9 Å². The average molecular weight is 359 g/mol. The first-order chi connectivity index (χ1) is 13.0. The largest absolute Gasteiger partial charge is 0.366 e. The molecule has 1 amide bonds. The number of aryl methyl sites for hydroxylation is 2. The number of amidine groups is 1. The zero-order chi connectivity index (χ0) is 19.0. The zero-order valence-corrected chi connectivity index (χ0v) is 15.0. The van der Waals surface area contributed by atoms with E-state index in [0.29, 0.717) is 17.4 Å². The summed E-state index contributed by atoms with van der Waals surface area (Å²) < 4.78 is -0.00223. The second-order valence-corrected chi connectivity index (χ2v) is 6.57. The molecule has 3 N–H and O–H groups in total. The topological polar surface area (TPSA) is 92.2 Å². The molecule has 134 valence electrons. The lowest BCUT2D eigenvalue weighted by atomic mass is 10.1. The summed E-state index contributed by atoms with van der Waals surface area (Å²) in [4.78, 5) is 20.4. The lowest BCUT2D eigenvalue weighted by Gasteiger charge is -2.23. The number of rotatable bonds is 3. The number of hydrogen-bond acceptors (Lipinski definition) is 5. The Labute approximate surface area is 156 Å². The third-order valence-electron chi connectivity index (χ3n) is 4.38. The van der Waals surface area contributed by atoms with E-state index >= 15 is 0 Å². The minimum Gasteiger partial charge on any atom is -0.366 e. The second kappa shape index (κ2) is 6.30. The standard InChI is InChI=1S/C20H18N6O/c1-13-8-14(2)10-16(9-13)23-20-24-18-12-22-6-7-26(18,25-20)17-5-3-4-15(11-17)19(21)27/h3-12H,1-2H3,(H2-,21,23,25,27)/p+1. The minimum atomic E-state index is -0.486. The van der Waals surface area contributed by atoms with Crippen LogP contribution in [-0.2, 0) is 0 Å². The smallest absolute Gasteiger partial charge is 0.287 e. The Morgan fingerprint density at radius 3 is 2.63 bits per heavy atom. The van der Waals surface area contributed by atoms with Gasteiger partial charge in [-0.15, -0.1) is 0 Å². The van der Waals surface area contributed by atoms with Gasteiger partial charge in [-0.3, -0.25) is 9.79 Å². The van der Waals surface area contributed by atoms with Crippen LogP contribution >= 0.6 is 0 Å². The molecule has 2 aliphatic heterocycles. The number of amides is 1. The van der Waals surface area contributed by atoms with Crippen molar-refractivity contribution >= 4 is 35.3 Å². The Bertz CT molecular complexity index is 1050. The molecule has 4 rings (SSSR count). The molecular weight excluding hydrogens is 340 g/mol. The van der Waals surface area contributed by atoms with Crippen molar-refractivity contribution in [1.82, 2.24) is 4.59 Å². The highest BCUT2D eigenvalue weighted by Crippen LogP contribution is 2.31. The van der Waals surface area contributed by atoms with Crippen molar-refractivity contribution < 1.29 is 4.79 Å². The molecule has 0 saturated heterocycles. The van der Waals surface area contributed by atoms with E-state index in [9.17, 15) is 4.79 Å². The molecule has 0 aromatic heterocycles. The molecule has 0 saturated carbocycles. The number of benzene rings is 2. The van der Waals surface area contributed by atoms with Crippen molar-refractivity contribution in [2.24, 2.45) is 20.8 Å². The van der Waals surface area contributed by atoms with E-state index in [-0.39, 0.29) is 4.59 Å². The van der Waals surface area contributed by atoms with Crippen LogP contribution in [0.15, 0.2) is 70.0 Å². The molecule has 2 aromatic carbocycles. The monoisotopic (exact) mass is 359 g/mol. The maximum Gasteiger partial charge on any atom is 0.287 e. The fourth-order valence-corrected chi connectivity index (χ4v) is 3.26. The third-order valence-corrected chi connectivity index (χ3v) is 4.38. The zero-order valence-electron chi connectivity index (χ0n) is 15.0. The van der Waals surface area contributed by atoms with Crippen LogP contribution in [0.5, 0.6) is 0 Å². The number of nitrogens with two attached hydrogens (primary N) is 1. The SMILES string of the molecule is Cc1cc(C)cc(NC2=N[N+]3(c4cccc(C(N)=O)c4)C=CN=CC3=N2)c1. The van der Waals surface area contributed by atoms with Crippen molar-refractivity contribution in [1.29, 1.82) is 0 Å². The van der Waals surface area contributed by atoms with Crippen molar-refractivity contribution in [3.05, 3.63) is 71.6 Å². The predicted octanol–water partition coefficient (Wildman–Crippen LogP) is 3.06. The molecule has 0 spiro atoms. The summed E-state index contributed by atoms with van der Waals surface area (Å²) in [7, 11) is 0. The number of hydrogen-bond donors (Lipinski definition) is 2. The molecule has 7 heteroatoms. The molecule has 2 heterocycles. The summed E-state index contributed by atoms with van der Waals surface area (Å²) in [5, 5.41) is 8.05. The van der Waals surface area contributed by atoms with Gasteiger partial charge in [0.05, 0.1) is 6.20 Å². The molecule has 0 aliphatic carbocycles. The molecule has 0 bridgehead atoms. The predicted molar refractivity (Wildman–Crippen MR) is 109 cm³/mol. The number of primary amides is 1. The average Bonchev–Trinajstić information content (AvgIpc) is 3.00. The number of carbonyl (C=O) groups is 1. The Morgan fingerprint density at radius 1 is 1.11 bits per heavy atom. The van der Waals surface area contributed by atoms with E-state index in [4.69, 9.17) is 10.8 Å². The molecule has 0 radical (unpaired) electrons. The van der Waals surface area contributed by atoms with Gasteiger partial charge in [-0.25, -0.2) is 0 Å². The number of anilines is 1. The number of aliphatic imine (C=N–C) groups is 2. The van der Waals surface area contributed by atoms with Gasteiger partial charge < -0.3 is 11.1 Å². The molecule has 1 unspecified atom stereocenters. The molecule has 7 nitrogen and oxygen atoms in total. The van der Waals surface area contributed by atoms with Crippen molar-refractivity contribution in [3.63, 3.8) is 0 Å². The lowest BCUT2D eigenvalue weighted by Crippen LogP contribution is -2.44. The van der Waals surface area contributed by atoms with Crippen LogP contribution < -0.4 is 15.6 Å². The summed E-state index contributed by atoms with van der Waals surface area (Å²) in [5.41, 5.74) is 9.83. The van der Waals surface area contributed by atoms with Gasteiger partial charge in [0.2, 0.25) is 5.91 Å². The highest BCUT2D eigenvalue weighted by atomic mass is 16.1. The Hall–Kier alpha value is -3.58. The van der Waals surface area contributed by atoms with Gasteiger partial charge in [0.25, 0.3) is 11.8 Å². The van der Waals surface area contributed by atoms with Crippen LogP contribution in [0.1, 0.15) is 21.5 Å². The second-order valence-electron chi connectivity index (χ2n) is 6.57. The molecule has 27 heavy (non-hydrogen) atoms. The Morgan fingerprint density at radius 2 is 1.89 bits per heavy atom. The van der Waals surface area contributed by atoms with E-state index < -0.39 is 5.91 Å². The maximum absolute atomic E-state index is 11.6. The summed E-state index contributed by atoms with van der Waals surface area (Å²) in [6, 6.07) is 13.3. The van der Waals surface area contributed by atoms with Crippen molar-refractivity contribution in [2.45, 2.75) is 13.8 Å². The van der Waals surface area contributed by atoms with Crippen molar-refractivity contribution in [2.75, 3.05) is 5.32 Å². The normalized spacial score (nSPS) is 20.1. The highest BCUT2D eigenvalue weighted by molar-refractivity contribution is 6.38. The van der Waals surface area contributed by atoms with E-state index in [1.165, 1.54) is 0 Å². The third kappa shape index (κ3) is 3.04. The number of carbonyl (C=O) groups excluding carboxylic acids is 1.